The van der Waals surface area contributed by atoms with Crippen LogP contribution in [0.4, 0.5) is 5.69 Å². The van der Waals surface area contributed by atoms with Crippen LogP contribution in [0.15, 0.2) is 82.8 Å². The molecule has 0 aliphatic rings. The molecule has 4 aromatic rings. The first-order valence-electron chi connectivity index (χ1n) is 12.7. The fraction of sp³-hybridized carbons (Fsp3) is 0.226. The third-order valence-corrected chi connectivity index (χ3v) is 8.54. The van der Waals surface area contributed by atoms with Gasteiger partial charge in [0, 0.05) is 17.0 Å². The van der Waals surface area contributed by atoms with Crippen molar-refractivity contribution in [2.45, 2.75) is 46.4 Å². The maximum Gasteiger partial charge on any atom is 0.264 e. The molecule has 0 radical (unpaired) electrons. The van der Waals surface area contributed by atoms with Gasteiger partial charge < -0.3 is 4.57 Å². The van der Waals surface area contributed by atoms with Gasteiger partial charge in [-0.15, -0.1) is 0 Å². The number of carbonyl (C=O) groups is 1. The lowest BCUT2D eigenvalue weighted by atomic mass is 10.1. The Morgan fingerprint density at radius 1 is 0.872 bits per heavy atom. The van der Waals surface area contributed by atoms with Crippen LogP contribution in [0.25, 0.3) is 5.69 Å². The number of amides is 1. The third kappa shape index (κ3) is 5.81. The summed E-state index contributed by atoms with van der Waals surface area (Å²) < 4.78 is 30.5. The van der Waals surface area contributed by atoms with Crippen molar-refractivity contribution in [1.29, 1.82) is 0 Å². The second-order valence-electron chi connectivity index (χ2n) is 9.81. The quantitative estimate of drug-likeness (QED) is 0.230. The normalized spacial score (nSPS) is 11.6. The Morgan fingerprint density at radius 2 is 1.54 bits per heavy atom. The maximum absolute atomic E-state index is 13.6. The standard InChI is InChI=1S/C31H34N4O3S/c1-21-15-16-29(24(4)17-21)34(39(37,38)28-13-8-7-9-14-28)20-30(36)33-32-19-27-18-25(5)35(26(27)6)31-22(2)11-10-12-23(31)3/h7-19H,20H2,1-6H3,(H,33,36)/b32-19+. The van der Waals surface area contributed by atoms with Gasteiger partial charge in [-0.05, 0) is 82.5 Å². The summed E-state index contributed by atoms with van der Waals surface area (Å²) in [6, 6.07) is 21.8. The number of aryl methyl sites for hydroxylation is 5. The smallest absolute Gasteiger partial charge is 0.264 e. The second-order valence-corrected chi connectivity index (χ2v) is 11.7. The number of carbonyl (C=O) groups excluding carboxylic acids is 1. The third-order valence-electron chi connectivity index (χ3n) is 6.77. The summed E-state index contributed by atoms with van der Waals surface area (Å²) in [6.07, 6.45) is 1.59. The number of anilines is 1. The van der Waals surface area contributed by atoms with E-state index in [0.717, 1.165) is 38.1 Å². The van der Waals surface area contributed by atoms with Crippen molar-refractivity contribution in [3.63, 3.8) is 0 Å². The molecule has 0 unspecified atom stereocenters. The van der Waals surface area contributed by atoms with E-state index in [-0.39, 0.29) is 4.90 Å². The number of hydrogen-bond acceptors (Lipinski definition) is 4. The highest BCUT2D eigenvalue weighted by molar-refractivity contribution is 7.92. The topological polar surface area (TPSA) is 83.8 Å². The van der Waals surface area contributed by atoms with Crippen LogP contribution >= 0.6 is 0 Å². The molecular weight excluding hydrogens is 508 g/mol. The molecule has 1 amide bonds. The summed E-state index contributed by atoms with van der Waals surface area (Å²) in [4.78, 5) is 13.1. The second kappa shape index (κ2) is 11.3. The zero-order valence-electron chi connectivity index (χ0n) is 23.2. The minimum absolute atomic E-state index is 0.111. The van der Waals surface area contributed by atoms with Crippen LogP contribution < -0.4 is 9.73 Å². The lowest BCUT2D eigenvalue weighted by Crippen LogP contribution is -2.40. The number of hydrazone groups is 1. The number of hydrogen-bond donors (Lipinski definition) is 1. The Hall–Kier alpha value is -4.17. The zero-order chi connectivity index (χ0) is 28.3. The van der Waals surface area contributed by atoms with Crippen LogP contribution in [0.1, 0.15) is 39.2 Å². The lowest BCUT2D eigenvalue weighted by Gasteiger charge is -2.25. The SMILES string of the molecule is Cc1ccc(N(CC(=O)N/N=C/c2cc(C)n(-c3c(C)cccc3C)c2C)S(=O)(=O)c2ccccc2)c(C)c1. The average Bonchev–Trinajstić information content (AvgIpc) is 3.16. The summed E-state index contributed by atoms with van der Waals surface area (Å²) in [5.74, 6) is -0.547. The summed E-state index contributed by atoms with van der Waals surface area (Å²) in [5, 5.41) is 4.17. The molecule has 1 heterocycles. The minimum atomic E-state index is -3.99. The van der Waals surface area contributed by atoms with Gasteiger partial charge in [0.2, 0.25) is 0 Å². The van der Waals surface area contributed by atoms with E-state index in [1.807, 2.05) is 52.0 Å². The van der Waals surface area contributed by atoms with Crippen molar-refractivity contribution in [2.75, 3.05) is 10.8 Å². The van der Waals surface area contributed by atoms with Crippen LogP contribution in [0.2, 0.25) is 0 Å². The van der Waals surface area contributed by atoms with Crippen molar-refractivity contribution in [3.8, 4) is 5.69 Å². The van der Waals surface area contributed by atoms with E-state index in [2.05, 4.69) is 41.1 Å². The number of para-hydroxylation sites is 1. The van der Waals surface area contributed by atoms with E-state index >= 15 is 0 Å². The van der Waals surface area contributed by atoms with Crippen molar-refractivity contribution in [1.82, 2.24) is 9.99 Å². The fourth-order valence-corrected chi connectivity index (χ4v) is 6.37. The molecule has 0 saturated heterocycles. The van der Waals surface area contributed by atoms with Crippen molar-refractivity contribution >= 4 is 27.8 Å². The Morgan fingerprint density at radius 3 is 2.18 bits per heavy atom. The molecule has 0 atom stereocenters. The molecule has 0 fully saturated rings. The average molecular weight is 543 g/mol. The molecule has 8 heteroatoms. The summed E-state index contributed by atoms with van der Waals surface area (Å²) in [7, 11) is -3.99. The van der Waals surface area contributed by atoms with Crippen LogP contribution in [0, 0.1) is 41.5 Å². The number of nitrogens with one attached hydrogen (secondary N) is 1. The molecule has 0 spiro atoms. The van der Waals surface area contributed by atoms with Crippen LogP contribution in [0.5, 0.6) is 0 Å². The minimum Gasteiger partial charge on any atom is -0.317 e. The summed E-state index contributed by atoms with van der Waals surface area (Å²) >= 11 is 0. The lowest BCUT2D eigenvalue weighted by molar-refractivity contribution is -0.119. The zero-order valence-corrected chi connectivity index (χ0v) is 24.0. The Balaban J connectivity index is 1.59. The van der Waals surface area contributed by atoms with E-state index in [9.17, 15) is 13.2 Å². The van der Waals surface area contributed by atoms with Gasteiger partial charge in [0.1, 0.15) is 6.54 Å². The van der Waals surface area contributed by atoms with Crippen LogP contribution in [-0.4, -0.2) is 31.7 Å². The molecule has 7 nitrogen and oxygen atoms in total. The number of aromatic nitrogens is 1. The van der Waals surface area contributed by atoms with E-state index in [1.165, 1.54) is 23.3 Å². The molecular formula is C31H34N4O3S. The van der Waals surface area contributed by atoms with Gasteiger partial charge in [0.15, 0.2) is 0 Å². The van der Waals surface area contributed by atoms with Gasteiger partial charge in [-0.2, -0.15) is 5.10 Å². The predicted octanol–water partition coefficient (Wildman–Crippen LogP) is 5.67. The molecule has 4 rings (SSSR count). The first-order chi connectivity index (χ1) is 18.5. The van der Waals surface area contributed by atoms with Gasteiger partial charge in [0.25, 0.3) is 15.9 Å². The molecule has 1 aromatic heterocycles. The maximum atomic E-state index is 13.6. The number of rotatable bonds is 8. The van der Waals surface area contributed by atoms with Crippen molar-refractivity contribution < 1.29 is 13.2 Å². The summed E-state index contributed by atoms with van der Waals surface area (Å²) in [6.45, 7) is 11.6. The number of sulfonamides is 1. The first-order valence-corrected chi connectivity index (χ1v) is 14.2. The van der Waals surface area contributed by atoms with Crippen molar-refractivity contribution in [3.05, 3.63) is 112 Å². The fourth-order valence-electron chi connectivity index (χ4n) is 4.86. The molecule has 3 aromatic carbocycles. The Kier molecular flexibility index (Phi) is 8.06. The van der Waals surface area contributed by atoms with E-state index in [4.69, 9.17) is 0 Å². The molecule has 0 saturated carbocycles. The van der Waals surface area contributed by atoms with E-state index < -0.39 is 22.5 Å². The highest BCUT2D eigenvalue weighted by atomic mass is 32.2. The first kappa shape index (κ1) is 27.9. The molecule has 0 aliphatic heterocycles. The van der Waals surface area contributed by atoms with Gasteiger partial charge in [0.05, 0.1) is 22.5 Å². The molecule has 0 aliphatic carbocycles. The monoisotopic (exact) mass is 542 g/mol. The summed E-state index contributed by atoms with van der Waals surface area (Å²) in [5.41, 5.74) is 11.1. The van der Waals surface area contributed by atoms with Crippen molar-refractivity contribution in [2.24, 2.45) is 5.10 Å². The Bertz CT molecular complexity index is 1630. The Labute approximate surface area is 230 Å². The molecule has 202 valence electrons. The predicted molar refractivity (Wildman–Crippen MR) is 157 cm³/mol. The van der Waals surface area contributed by atoms with Crippen LogP contribution in [0.3, 0.4) is 0 Å². The molecule has 0 bridgehead atoms. The van der Waals surface area contributed by atoms with Crippen LogP contribution in [-0.2, 0) is 14.8 Å². The van der Waals surface area contributed by atoms with Gasteiger partial charge >= 0.3 is 0 Å². The highest BCUT2D eigenvalue weighted by Gasteiger charge is 2.28. The largest absolute Gasteiger partial charge is 0.317 e. The molecule has 39 heavy (non-hydrogen) atoms. The van der Waals surface area contributed by atoms with Gasteiger partial charge in [-0.1, -0.05) is 54.1 Å². The van der Waals surface area contributed by atoms with Gasteiger partial charge in [-0.3, -0.25) is 9.10 Å². The van der Waals surface area contributed by atoms with Gasteiger partial charge in [-0.25, -0.2) is 13.8 Å². The number of benzene rings is 3. The number of nitrogens with zero attached hydrogens (tertiary/aromatic N) is 3. The molecule has 1 N–H and O–H groups in total. The van der Waals surface area contributed by atoms with E-state index in [0.29, 0.717) is 5.69 Å². The van der Waals surface area contributed by atoms with E-state index in [1.54, 1.807) is 30.5 Å². The highest BCUT2D eigenvalue weighted by Crippen LogP contribution is 2.28.